The molecule has 1 aromatic carbocycles. The topological polar surface area (TPSA) is 77.8 Å². The molecular weight excluding hydrogens is 191 g/mol. The van der Waals surface area contributed by atoms with Crippen LogP contribution in [0.1, 0.15) is 17.0 Å². The van der Waals surface area contributed by atoms with Gasteiger partial charge in [-0.1, -0.05) is 29.8 Å². The lowest BCUT2D eigenvalue weighted by atomic mass is 10.2. The monoisotopic (exact) mass is 202 g/mol. The van der Waals surface area contributed by atoms with Crippen LogP contribution in [-0.2, 0) is 4.57 Å². The molecule has 0 bridgehead atoms. The van der Waals surface area contributed by atoms with Crippen molar-refractivity contribution in [3.63, 3.8) is 0 Å². The smallest absolute Gasteiger partial charge is 0.358 e. The number of benzene rings is 1. The molecule has 0 spiro atoms. The molecule has 0 saturated carbocycles. The van der Waals surface area contributed by atoms with Crippen LogP contribution < -0.4 is 0 Å². The van der Waals surface area contributed by atoms with Crippen LogP contribution in [0.2, 0.25) is 0 Å². The molecule has 3 N–H and O–H groups in total. The largest absolute Gasteiger partial charge is 0.376 e. The summed E-state index contributed by atoms with van der Waals surface area (Å²) in [5.41, 5.74) is 1.21. The molecule has 0 fully saturated rings. The van der Waals surface area contributed by atoms with E-state index in [1.54, 1.807) is 12.1 Å². The molecule has 1 atom stereocenters. The fourth-order valence-electron chi connectivity index (χ4n) is 0.933. The van der Waals surface area contributed by atoms with E-state index >= 15 is 0 Å². The van der Waals surface area contributed by atoms with Crippen LogP contribution in [0.4, 0.5) is 0 Å². The van der Waals surface area contributed by atoms with Crippen molar-refractivity contribution in [3.8, 4) is 0 Å². The van der Waals surface area contributed by atoms with E-state index < -0.39 is 13.4 Å². The average Bonchev–Trinajstić information content (AvgIpc) is 2.03. The van der Waals surface area contributed by atoms with Crippen molar-refractivity contribution in [1.82, 2.24) is 0 Å². The standard InChI is InChI=1S/C8H11O4P/c1-6-2-4-7(5-3-6)8(9)13(10,11)12/h2-5,8-9H,1H3,(H2,10,11,12)/t8-/m1/s1. The van der Waals surface area contributed by atoms with Gasteiger partial charge in [0, 0.05) is 0 Å². The summed E-state index contributed by atoms with van der Waals surface area (Å²) < 4.78 is 10.7. The molecule has 4 nitrogen and oxygen atoms in total. The van der Waals surface area contributed by atoms with Crippen LogP contribution in [0.15, 0.2) is 24.3 Å². The third-order valence-electron chi connectivity index (χ3n) is 1.69. The minimum absolute atomic E-state index is 0.235. The Morgan fingerprint density at radius 3 is 2.08 bits per heavy atom. The molecule has 5 heteroatoms. The number of hydrogen-bond donors (Lipinski definition) is 3. The highest BCUT2D eigenvalue weighted by Gasteiger charge is 2.27. The molecule has 0 aliphatic carbocycles. The maximum atomic E-state index is 10.7. The van der Waals surface area contributed by atoms with Gasteiger partial charge >= 0.3 is 7.60 Å². The summed E-state index contributed by atoms with van der Waals surface area (Å²) in [6.45, 7) is 1.85. The van der Waals surface area contributed by atoms with Crippen molar-refractivity contribution in [2.45, 2.75) is 12.8 Å². The second kappa shape index (κ2) is 3.60. The Hall–Kier alpha value is -0.670. The SMILES string of the molecule is Cc1ccc([C@H](O)P(=O)(O)O)cc1. The predicted octanol–water partition coefficient (Wildman–Crippen LogP) is 1.16. The van der Waals surface area contributed by atoms with Gasteiger partial charge in [-0.2, -0.15) is 0 Å². The zero-order chi connectivity index (χ0) is 10.1. The molecule has 0 aliphatic rings. The third-order valence-corrected chi connectivity index (χ3v) is 2.63. The molecule has 72 valence electrons. The summed E-state index contributed by atoms with van der Waals surface area (Å²) >= 11 is 0. The van der Waals surface area contributed by atoms with Gasteiger partial charge in [0.15, 0.2) is 5.85 Å². The van der Waals surface area contributed by atoms with Gasteiger partial charge in [-0.05, 0) is 12.5 Å². The van der Waals surface area contributed by atoms with Crippen molar-refractivity contribution >= 4 is 7.60 Å². The van der Waals surface area contributed by atoms with Crippen LogP contribution in [-0.4, -0.2) is 14.9 Å². The highest BCUT2D eigenvalue weighted by atomic mass is 31.2. The Labute approximate surface area is 76.0 Å². The van der Waals surface area contributed by atoms with E-state index in [4.69, 9.17) is 9.79 Å². The van der Waals surface area contributed by atoms with Crippen molar-refractivity contribution in [2.75, 3.05) is 0 Å². The van der Waals surface area contributed by atoms with E-state index in [-0.39, 0.29) is 5.56 Å². The van der Waals surface area contributed by atoms with E-state index in [2.05, 4.69) is 0 Å². The van der Waals surface area contributed by atoms with Gasteiger partial charge in [-0.15, -0.1) is 0 Å². The lowest BCUT2D eigenvalue weighted by molar-refractivity contribution is 0.205. The quantitative estimate of drug-likeness (QED) is 0.629. The Kier molecular flexibility index (Phi) is 2.88. The summed E-state index contributed by atoms with van der Waals surface area (Å²) in [6, 6.07) is 6.38. The van der Waals surface area contributed by atoms with Crippen LogP contribution in [0.5, 0.6) is 0 Å². The first-order valence-corrected chi connectivity index (χ1v) is 5.39. The second-order valence-electron chi connectivity index (χ2n) is 2.87. The van der Waals surface area contributed by atoms with Gasteiger partial charge < -0.3 is 14.9 Å². The van der Waals surface area contributed by atoms with Crippen LogP contribution in [0, 0.1) is 6.92 Å². The zero-order valence-electron chi connectivity index (χ0n) is 7.08. The normalized spacial score (nSPS) is 14.2. The van der Waals surface area contributed by atoms with Gasteiger partial charge in [0.2, 0.25) is 0 Å². The molecular formula is C8H11O4P. The lowest BCUT2D eigenvalue weighted by Crippen LogP contribution is -1.97. The highest BCUT2D eigenvalue weighted by molar-refractivity contribution is 7.51. The second-order valence-corrected chi connectivity index (χ2v) is 4.54. The van der Waals surface area contributed by atoms with Crippen molar-refractivity contribution in [2.24, 2.45) is 0 Å². The number of hydrogen-bond acceptors (Lipinski definition) is 2. The summed E-state index contributed by atoms with van der Waals surface area (Å²) in [5, 5.41) is 9.18. The summed E-state index contributed by atoms with van der Waals surface area (Å²) in [5.74, 6) is -1.71. The molecule has 13 heavy (non-hydrogen) atoms. The number of aliphatic hydroxyl groups excluding tert-OH is 1. The van der Waals surface area contributed by atoms with E-state index in [0.29, 0.717) is 0 Å². The van der Waals surface area contributed by atoms with Crippen molar-refractivity contribution < 1.29 is 19.5 Å². The molecule has 1 rings (SSSR count). The average molecular weight is 202 g/mol. The van der Waals surface area contributed by atoms with Crippen LogP contribution >= 0.6 is 7.60 Å². The third kappa shape index (κ3) is 2.64. The molecule has 0 radical (unpaired) electrons. The molecule has 0 unspecified atom stereocenters. The van der Waals surface area contributed by atoms with Crippen molar-refractivity contribution in [1.29, 1.82) is 0 Å². The Bertz CT molecular complexity index is 327. The first-order chi connectivity index (χ1) is 5.91. The lowest BCUT2D eigenvalue weighted by Gasteiger charge is -2.12. The number of aliphatic hydroxyl groups is 1. The van der Waals surface area contributed by atoms with E-state index in [1.807, 2.05) is 6.92 Å². The maximum absolute atomic E-state index is 10.7. The van der Waals surface area contributed by atoms with Crippen LogP contribution in [0.25, 0.3) is 0 Å². The van der Waals surface area contributed by atoms with E-state index in [9.17, 15) is 9.67 Å². The van der Waals surface area contributed by atoms with Crippen LogP contribution in [0.3, 0.4) is 0 Å². The minimum Gasteiger partial charge on any atom is -0.376 e. The Morgan fingerprint density at radius 2 is 1.69 bits per heavy atom. The Balaban J connectivity index is 2.97. The van der Waals surface area contributed by atoms with Gasteiger partial charge in [0.05, 0.1) is 0 Å². The van der Waals surface area contributed by atoms with Gasteiger partial charge in [-0.25, -0.2) is 0 Å². The molecule has 1 aromatic rings. The van der Waals surface area contributed by atoms with Gasteiger partial charge in [-0.3, -0.25) is 4.57 Å². The summed E-state index contributed by atoms with van der Waals surface area (Å²) in [7, 11) is -4.44. The zero-order valence-corrected chi connectivity index (χ0v) is 7.98. The fourth-order valence-corrected chi connectivity index (χ4v) is 1.49. The molecule has 0 amide bonds. The highest BCUT2D eigenvalue weighted by Crippen LogP contribution is 2.49. The molecule has 0 heterocycles. The first kappa shape index (κ1) is 10.4. The van der Waals surface area contributed by atoms with E-state index in [1.165, 1.54) is 12.1 Å². The summed E-state index contributed by atoms with van der Waals surface area (Å²) in [4.78, 5) is 17.3. The van der Waals surface area contributed by atoms with Crippen molar-refractivity contribution in [3.05, 3.63) is 35.4 Å². The summed E-state index contributed by atoms with van der Waals surface area (Å²) in [6.07, 6.45) is 0. The maximum Gasteiger partial charge on any atom is 0.358 e. The fraction of sp³-hybridized carbons (Fsp3) is 0.250. The number of aryl methyl sites for hydroxylation is 1. The predicted molar refractivity (Wildman–Crippen MR) is 48.2 cm³/mol. The number of rotatable bonds is 2. The molecule has 0 aromatic heterocycles. The Morgan fingerprint density at radius 1 is 1.23 bits per heavy atom. The van der Waals surface area contributed by atoms with Gasteiger partial charge in [0.25, 0.3) is 0 Å². The minimum atomic E-state index is -4.44. The molecule has 0 saturated heterocycles. The first-order valence-electron chi connectivity index (χ1n) is 3.71. The molecule has 0 aliphatic heterocycles. The van der Waals surface area contributed by atoms with E-state index in [0.717, 1.165) is 5.56 Å². The van der Waals surface area contributed by atoms with Gasteiger partial charge in [0.1, 0.15) is 0 Å².